The summed E-state index contributed by atoms with van der Waals surface area (Å²) in [6.45, 7) is 0. The molecular formula is C44H30N4. The molecule has 0 heterocycles. The molecule has 0 aliphatic rings. The van der Waals surface area contributed by atoms with Crippen molar-refractivity contribution in [3.63, 3.8) is 0 Å². The molecule has 0 aliphatic carbocycles. The van der Waals surface area contributed by atoms with Gasteiger partial charge in [0.05, 0.1) is 22.5 Å². The second-order valence-electron chi connectivity index (χ2n) is 11.3. The van der Waals surface area contributed by atoms with Crippen molar-refractivity contribution in [3.05, 3.63) is 193 Å². The molecule has 0 radical (unpaired) electrons. The highest BCUT2D eigenvalue weighted by Gasteiger charge is 2.24. The van der Waals surface area contributed by atoms with Gasteiger partial charge in [-0.1, -0.05) is 121 Å². The van der Waals surface area contributed by atoms with Crippen LogP contribution >= 0.6 is 0 Å². The standard InChI is InChI=1S/C44H30N4/c45-31-37-29-43(47(39-17-9-3-10-18-39)41-25-21-35(22-26-41)33-13-5-1-6-14-33)44(30-38(37)32-46)48(40-19-11-4-12-20-40)42-27-23-36(24-28-42)34-15-7-2-8-16-34/h1-30H. The number of anilines is 6. The Bertz CT molecular complexity index is 2050. The molecule has 0 amide bonds. The first-order chi connectivity index (χ1) is 23.7. The van der Waals surface area contributed by atoms with Crippen molar-refractivity contribution in [1.82, 2.24) is 0 Å². The Balaban J connectivity index is 1.45. The minimum absolute atomic E-state index is 0.311. The van der Waals surface area contributed by atoms with E-state index < -0.39 is 0 Å². The molecular weight excluding hydrogens is 585 g/mol. The summed E-state index contributed by atoms with van der Waals surface area (Å²) < 4.78 is 0. The van der Waals surface area contributed by atoms with Gasteiger partial charge in [0, 0.05) is 22.7 Å². The summed E-state index contributed by atoms with van der Waals surface area (Å²) in [7, 11) is 0. The maximum Gasteiger partial charge on any atom is 0.101 e. The molecule has 0 bridgehead atoms. The van der Waals surface area contributed by atoms with Crippen LogP contribution in [0.5, 0.6) is 0 Å². The minimum Gasteiger partial charge on any atom is -0.308 e. The van der Waals surface area contributed by atoms with Crippen LogP contribution in [0.2, 0.25) is 0 Å². The Morgan fingerprint density at radius 2 is 0.583 bits per heavy atom. The fourth-order valence-electron chi connectivity index (χ4n) is 6.00. The van der Waals surface area contributed by atoms with Crippen molar-refractivity contribution in [1.29, 1.82) is 10.5 Å². The summed E-state index contributed by atoms with van der Waals surface area (Å²) >= 11 is 0. The molecule has 4 nitrogen and oxygen atoms in total. The normalized spacial score (nSPS) is 10.5. The van der Waals surface area contributed by atoms with E-state index in [1.54, 1.807) is 0 Å². The first-order valence-electron chi connectivity index (χ1n) is 15.7. The van der Waals surface area contributed by atoms with Gasteiger partial charge in [0.15, 0.2) is 0 Å². The third kappa shape index (κ3) is 6.03. The summed E-state index contributed by atoms with van der Waals surface area (Å²) in [4.78, 5) is 4.31. The van der Waals surface area contributed by atoms with Gasteiger partial charge in [-0.3, -0.25) is 0 Å². The predicted octanol–water partition coefficient (Wildman–Crippen LogP) is 11.7. The summed E-state index contributed by atoms with van der Waals surface area (Å²) in [5.74, 6) is 0. The van der Waals surface area contributed by atoms with Gasteiger partial charge in [0.2, 0.25) is 0 Å². The zero-order valence-electron chi connectivity index (χ0n) is 26.1. The first kappa shape index (κ1) is 29.8. The van der Waals surface area contributed by atoms with Gasteiger partial charge in [0.1, 0.15) is 12.1 Å². The minimum atomic E-state index is 0.311. The van der Waals surface area contributed by atoms with E-state index in [0.29, 0.717) is 11.1 Å². The molecule has 7 rings (SSSR count). The SMILES string of the molecule is N#Cc1cc(N(c2ccccc2)c2ccc(-c3ccccc3)cc2)c(N(c2ccccc2)c2ccc(-c3ccccc3)cc2)cc1C#N. The van der Waals surface area contributed by atoms with E-state index in [-0.39, 0.29) is 0 Å². The van der Waals surface area contributed by atoms with Gasteiger partial charge in [-0.25, -0.2) is 0 Å². The first-order valence-corrected chi connectivity index (χ1v) is 15.7. The topological polar surface area (TPSA) is 54.1 Å². The molecule has 0 aromatic heterocycles. The molecule has 7 aromatic carbocycles. The third-order valence-electron chi connectivity index (χ3n) is 8.33. The highest BCUT2D eigenvalue weighted by atomic mass is 15.2. The molecule has 226 valence electrons. The number of benzene rings is 7. The van der Waals surface area contributed by atoms with Crippen molar-refractivity contribution in [2.75, 3.05) is 9.80 Å². The molecule has 48 heavy (non-hydrogen) atoms. The van der Waals surface area contributed by atoms with Gasteiger partial charge in [-0.2, -0.15) is 10.5 Å². The van der Waals surface area contributed by atoms with Gasteiger partial charge in [0.25, 0.3) is 0 Å². The summed E-state index contributed by atoms with van der Waals surface area (Å²) in [5.41, 5.74) is 10.3. The van der Waals surface area contributed by atoms with Crippen molar-refractivity contribution in [2.24, 2.45) is 0 Å². The quantitative estimate of drug-likeness (QED) is 0.171. The molecule has 0 unspecified atom stereocenters. The average Bonchev–Trinajstić information content (AvgIpc) is 3.17. The Labute approximate surface area is 281 Å². The maximum absolute atomic E-state index is 10.2. The second kappa shape index (κ2) is 13.6. The maximum atomic E-state index is 10.2. The van der Waals surface area contributed by atoms with E-state index >= 15 is 0 Å². The number of para-hydroxylation sites is 2. The molecule has 0 aliphatic heterocycles. The van der Waals surface area contributed by atoms with E-state index in [9.17, 15) is 10.5 Å². The van der Waals surface area contributed by atoms with Crippen LogP contribution in [0.25, 0.3) is 22.3 Å². The van der Waals surface area contributed by atoms with Gasteiger partial charge in [-0.05, 0) is 82.9 Å². The zero-order valence-corrected chi connectivity index (χ0v) is 26.1. The van der Waals surface area contributed by atoms with Gasteiger partial charge >= 0.3 is 0 Å². The fraction of sp³-hybridized carbons (Fsp3) is 0. The van der Waals surface area contributed by atoms with E-state index in [4.69, 9.17) is 0 Å². The Hall–Kier alpha value is -6.88. The van der Waals surface area contributed by atoms with Crippen LogP contribution in [0.4, 0.5) is 34.1 Å². The Morgan fingerprint density at radius 1 is 0.312 bits per heavy atom. The van der Waals surface area contributed by atoms with Gasteiger partial charge < -0.3 is 9.80 Å². The lowest BCUT2D eigenvalue weighted by atomic mass is 10.0. The zero-order chi connectivity index (χ0) is 32.7. The smallest absolute Gasteiger partial charge is 0.101 e. The van der Waals surface area contributed by atoms with Crippen LogP contribution in [0.1, 0.15) is 11.1 Å². The highest BCUT2D eigenvalue weighted by Crippen LogP contribution is 2.47. The van der Waals surface area contributed by atoms with Crippen LogP contribution in [0.3, 0.4) is 0 Å². The second-order valence-corrected chi connectivity index (χ2v) is 11.3. The average molecular weight is 615 g/mol. The molecule has 0 spiro atoms. The number of rotatable bonds is 8. The van der Waals surface area contributed by atoms with Crippen LogP contribution < -0.4 is 9.80 Å². The molecule has 0 fully saturated rings. The highest BCUT2D eigenvalue weighted by molar-refractivity contribution is 5.93. The molecule has 0 N–H and O–H groups in total. The number of nitriles is 2. The van der Waals surface area contributed by atoms with Crippen molar-refractivity contribution in [3.8, 4) is 34.4 Å². The van der Waals surface area contributed by atoms with Crippen LogP contribution in [0, 0.1) is 22.7 Å². The van der Waals surface area contributed by atoms with Crippen molar-refractivity contribution < 1.29 is 0 Å². The van der Waals surface area contributed by atoms with Crippen LogP contribution in [-0.2, 0) is 0 Å². The van der Waals surface area contributed by atoms with Crippen molar-refractivity contribution in [2.45, 2.75) is 0 Å². The van der Waals surface area contributed by atoms with E-state index in [0.717, 1.165) is 56.4 Å². The van der Waals surface area contributed by atoms with Crippen LogP contribution in [0.15, 0.2) is 182 Å². The van der Waals surface area contributed by atoms with Crippen LogP contribution in [-0.4, -0.2) is 0 Å². The lowest BCUT2D eigenvalue weighted by Gasteiger charge is -2.33. The largest absolute Gasteiger partial charge is 0.308 e. The number of hydrogen-bond acceptors (Lipinski definition) is 4. The van der Waals surface area contributed by atoms with E-state index in [2.05, 4.69) is 119 Å². The van der Waals surface area contributed by atoms with Crippen molar-refractivity contribution >= 4 is 34.1 Å². The van der Waals surface area contributed by atoms with E-state index in [1.807, 2.05) is 84.9 Å². The molecule has 4 heteroatoms. The Kier molecular flexibility index (Phi) is 8.46. The molecule has 0 saturated carbocycles. The molecule has 7 aromatic rings. The summed E-state index contributed by atoms with van der Waals surface area (Å²) in [5, 5.41) is 20.5. The summed E-state index contributed by atoms with van der Waals surface area (Å²) in [6, 6.07) is 65.9. The summed E-state index contributed by atoms with van der Waals surface area (Å²) in [6.07, 6.45) is 0. The van der Waals surface area contributed by atoms with E-state index in [1.165, 1.54) is 0 Å². The predicted molar refractivity (Wildman–Crippen MR) is 196 cm³/mol. The monoisotopic (exact) mass is 614 g/mol. The third-order valence-corrected chi connectivity index (χ3v) is 8.33. The number of hydrogen-bond donors (Lipinski definition) is 0. The molecule has 0 atom stereocenters. The Morgan fingerprint density at radius 3 is 0.896 bits per heavy atom. The fourth-order valence-corrected chi connectivity index (χ4v) is 6.00. The lowest BCUT2D eigenvalue weighted by molar-refractivity contribution is 1.22. The molecule has 0 saturated heterocycles. The van der Waals surface area contributed by atoms with Gasteiger partial charge in [-0.15, -0.1) is 0 Å². The number of nitrogens with zero attached hydrogens (tertiary/aromatic N) is 4. The lowest BCUT2D eigenvalue weighted by Crippen LogP contribution is -2.17.